The molecule has 0 aromatic carbocycles. The highest BCUT2D eigenvalue weighted by Crippen LogP contribution is 2.27. The van der Waals surface area contributed by atoms with Crippen LogP contribution in [0.2, 0.25) is 0 Å². The van der Waals surface area contributed by atoms with Crippen molar-refractivity contribution in [3.05, 3.63) is 21.0 Å². The van der Waals surface area contributed by atoms with Crippen molar-refractivity contribution in [2.45, 2.75) is 19.4 Å². The average Bonchev–Trinajstić information content (AvgIpc) is 2.59. The van der Waals surface area contributed by atoms with Crippen molar-refractivity contribution >= 4 is 31.9 Å². The fraction of sp³-hybridized carbons (Fsp3) is 0.667. The van der Waals surface area contributed by atoms with Crippen molar-refractivity contribution in [2.24, 2.45) is 5.92 Å². The Kier molecular flexibility index (Phi) is 5.09. The number of rotatable bonds is 4. The lowest BCUT2D eigenvalue weighted by molar-refractivity contribution is 0.220. The molecule has 0 spiro atoms. The molecule has 1 aliphatic rings. The van der Waals surface area contributed by atoms with Gasteiger partial charge < -0.3 is 9.73 Å². The van der Waals surface area contributed by atoms with E-state index >= 15 is 0 Å². The summed E-state index contributed by atoms with van der Waals surface area (Å²) in [4.78, 5) is 2.34. The van der Waals surface area contributed by atoms with Gasteiger partial charge in [0.1, 0.15) is 5.76 Å². The second kappa shape index (κ2) is 6.36. The maximum absolute atomic E-state index is 5.59. The minimum absolute atomic E-state index is 0.780. The zero-order valence-corrected chi connectivity index (χ0v) is 13.2. The maximum Gasteiger partial charge on any atom is 0.183 e. The van der Waals surface area contributed by atoms with Gasteiger partial charge in [-0.15, -0.1) is 0 Å². The van der Waals surface area contributed by atoms with Gasteiger partial charge in [-0.3, -0.25) is 4.90 Å². The quantitative estimate of drug-likeness (QED) is 0.887. The fourth-order valence-corrected chi connectivity index (χ4v) is 2.96. The van der Waals surface area contributed by atoms with Crippen LogP contribution in [0.4, 0.5) is 0 Å². The van der Waals surface area contributed by atoms with Crippen LogP contribution in [-0.4, -0.2) is 31.6 Å². The van der Waals surface area contributed by atoms with E-state index in [0.29, 0.717) is 0 Å². The summed E-state index contributed by atoms with van der Waals surface area (Å²) in [6, 6.07) is 2.03. The molecule has 3 nitrogen and oxygen atoms in total. The standard InChI is InChI=1S/C12H18Br2N2O/c1-16(7-9-2-4-15-5-3-9)8-10-6-11(13)12(14)17-10/h6,9,15H,2-5,7-8H2,1H3. The monoisotopic (exact) mass is 364 g/mol. The molecule has 2 heterocycles. The van der Waals surface area contributed by atoms with Crippen molar-refractivity contribution in [3.8, 4) is 0 Å². The van der Waals surface area contributed by atoms with Crippen LogP contribution in [0.1, 0.15) is 18.6 Å². The Bertz CT molecular complexity index is 342. The lowest BCUT2D eigenvalue weighted by atomic mass is 9.98. The van der Waals surface area contributed by atoms with E-state index in [1.54, 1.807) is 0 Å². The highest BCUT2D eigenvalue weighted by Gasteiger charge is 2.16. The summed E-state index contributed by atoms with van der Waals surface area (Å²) in [5.74, 6) is 1.82. The van der Waals surface area contributed by atoms with Gasteiger partial charge in [0.25, 0.3) is 0 Å². The molecular weight excluding hydrogens is 348 g/mol. The van der Waals surface area contributed by atoms with E-state index in [0.717, 1.165) is 47.0 Å². The van der Waals surface area contributed by atoms with Gasteiger partial charge in [-0.2, -0.15) is 0 Å². The Hall–Kier alpha value is 0.160. The molecule has 1 N–H and O–H groups in total. The van der Waals surface area contributed by atoms with Gasteiger partial charge >= 0.3 is 0 Å². The van der Waals surface area contributed by atoms with E-state index in [1.165, 1.54) is 12.8 Å². The zero-order chi connectivity index (χ0) is 12.3. The third-order valence-corrected chi connectivity index (χ3v) is 4.86. The largest absolute Gasteiger partial charge is 0.452 e. The van der Waals surface area contributed by atoms with Crippen LogP contribution in [0.5, 0.6) is 0 Å². The summed E-state index contributed by atoms with van der Waals surface area (Å²) in [6.45, 7) is 4.35. The molecule has 0 radical (unpaired) electrons. The van der Waals surface area contributed by atoms with Gasteiger partial charge in [0, 0.05) is 6.54 Å². The lowest BCUT2D eigenvalue weighted by Gasteiger charge is -2.26. The molecule has 0 bridgehead atoms. The molecule has 5 heteroatoms. The molecule has 1 fully saturated rings. The molecule has 1 aliphatic heterocycles. The highest BCUT2D eigenvalue weighted by atomic mass is 79.9. The van der Waals surface area contributed by atoms with Gasteiger partial charge in [0.05, 0.1) is 11.0 Å². The molecule has 1 aromatic rings. The zero-order valence-electron chi connectivity index (χ0n) is 10.0. The highest BCUT2D eigenvalue weighted by molar-refractivity contribution is 9.13. The Balaban J connectivity index is 1.81. The summed E-state index contributed by atoms with van der Waals surface area (Å²) in [5, 5.41) is 3.40. The summed E-state index contributed by atoms with van der Waals surface area (Å²) >= 11 is 6.80. The number of halogens is 2. The van der Waals surface area contributed by atoms with E-state index in [2.05, 4.69) is 49.1 Å². The number of piperidine rings is 1. The fourth-order valence-electron chi connectivity index (χ4n) is 2.30. The van der Waals surface area contributed by atoms with Crippen LogP contribution in [0, 0.1) is 5.92 Å². The second-order valence-corrected chi connectivity index (χ2v) is 6.30. The lowest BCUT2D eigenvalue weighted by Crippen LogP contribution is -2.34. The first-order valence-electron chi connectivity index (χ1n) is 5.98. The van der Waals surface area contributed by atoms with Gasteiger partial charge in [-0.25, -0.2) is 0 Å². The molecule has 0 aliphatic carbocycles. The molecule has 17 heavy (non-hydrogen) atoms. The Morgan fingerprint density at radius 1 is 1.41 bits per heavy atom. The van der Waals surface area contributed by atoms with E-state index < -0.39 is 0 Å². The minimum atomic E-state index is 0.780. The Morgan fingerprint density at radius 3 is 2.71 bits per heavy atom. The SMILES string of the molecule is CN(Cc1cc(Br)c(Br)o1)CC1CCNCC1. The number of nitrogens with one attached hydrogen (secondary N) is 1. The van der Waals surface area contributed by atoms with Crippen molar-refractivity contribution < 1.29 is 4.42 Å². The first-order chi connectivity index (χ1) is 8.15. The van der Waals surface area contributed by atoms with Crippen molar-refractivity contribution in [1.82, 2.24) is 10.2 Å². The molecule has 2 rings (SSSR count). The number of hydrogen-bond acceptors (Lipinski definition) is 3. The van der Waals surface area contributed by atoms with Crippen LogP contribution < -0.4 is 5.32 Å². The topological polar surface area (TPSA) is 28.4 Å². The Labute approximate surface area is 119 Å². The predicted molar refractivity (Wildman–Crippen MR) is 76.0 cm³/mol. The molecular formula is C12H18Br2N2O. The van der Waals surface area contributed by atoms with Crippen LogP contribution in [0.15, 0.2) is 19.6 Å². The third kappa shape index (κ3) is 4.09. The van der Waals surface area contributed by atoms with Crippen molar-refractivity contribution in [1.29, 1.82) is 0 Å². The van der Waals surface area contributed by atoms with Crippen LogP contribution in [-0.2, 0) is 6.54 Å². The predicted octanol–water partition coefficient (Wildman–Crippen LogP) is 3.24. The average molecular weight is 366 g/mol. The van der Waals surface area contributed by atoms with Crippen LogP contribution in [0.3, 0.4) is 0 Å². The van der Waals surface area contributed by atoms with E-state index in [9.17, 15) is 0 Å². The molecule has 96 valence electrons. The van der Waals surface area contributed by atoms with Crippen LogP contribution in [0.25, 0.3) is 0 Å². The number of hydrogen-bond donors (Lipinski definition) is 1. The minimum Gasteiger partial charge on any atom is -0.452 e. The molecule has 1 aromatic heterocycles. The smallest absolute Gasteiger partial charge is 0.183 e. The second-order valence-electron chi connectivity index (χ2n) is 4.72. The Morgan fingerprint density at radius 2 is 2.12 bits per heavy atom. The molecule has 1 saturated heterocycles. The van der Waals surface area contributed by atoms with Gasteiger partial charge in [-0.05, 0) is 76.8 Å². The van der Waals surface area contributed by atoms with E-state index in [4.69, 9.17) is 4.42 Å². The van der Waals surface area contributed by atoms with Gasteiger partial charge in [0.15, 0.2) is 4.67 Å². The summed E-state index contributed by atoms with van der Waals surface area (Å²) in [5.41, 5.74) is 0. The normalized spacial score (nSPS) is 17.9. The third-order valence-electron chi connectivity index (χ3n) is 3.15. The maximum atomic E-state index is 5.59. The summed E-state index contributed by atoms with van der Waals surface area (Å²) in [7, 11) is 2.16. The summed E-state index contributed by atoms with van der Waals surface area (Å²) in [6.07, 6.45) is 2.58. The van der Waals surface area contributed by atoms with Crippen molar-refractivity contribution in [2.75, 3.05) is 26.7 Å². The van der Waals surface area contributed by atoms with Crippen molar-refractivity contribution in [3.63, 3.8) is 0 Å². The van der Waals surface area contributed by atoms with E-state index in [-0.39, 0.29) is 0 Å². The molecule has 0 unspecified atom stereocenters. The molecule has 0 atom stereocenters. The first-order valence-corrected chi connectivity index (χ1v) is 7.56. The number of furan rings is 1. The molecule has 0 amide bonds. The van der Waals surface area contributed by atoms with Crippen LogP contribution >= 0.6 is 31.9 Å². The number of nitrogens with zero attached hydrogens (tertiary/aromatic N) is 1. The van der Waals surface area contributed by atoms with Gasteiger partial charge in [0.2, 0.25) is 0 Å². The first kappa shape index (κ1) is 13.6. The molecule has 0 saturated carbocycles. The van der Waals surface area contributed by atoms with Gasteiger partial charge in [-0.1, -0.05) is 0 Å². The summed E-state index contributed by atoms with van der Waals surface area (Å²) < 4.78 is 7.36. The van der Waals surface area contributed by atoms with E-state index in [1.807, 2.05) is 6.07 Å².